The van der Waals surface area contributed by atoms with Gasteiger partial charge in [0.15, 0.2) is 0 Å². The van der Waals surface area contributed by atoms with Crippen LogP contribution in [0, 0.1) is 0 Å². The Morgan fingerprint density at radius 1 is 1.00 bits per heavy atom. The fourth-order valence-corrected chi connectivity index (χ4v) is 2.43. The van der Waals surface area contributed by atoms with Crippen LogP contribution in [0.3, 0.4) is 0 Å². The minimum absolute atomic E-state index is 0.0927. The number of nitrogens with two attached hydrogens (primary N) is 1. The Morgan fingerprint density at radius 2 is 1.81 bits per heavy atom. The third-order valence-corrected chi connectivity index (χ3v) is 3.35. The second kappa shape index (κ2) is 5.93. The van der Waals surface area contributed by atoms with Crippen molar-refractivity contribution < 1.29 is 0 Å². The second-order valence-electron chi connectivity index (χ2n) is 4.60. The average molecular weight is 300 g/mol. The van der Waals surface area contributed by atoms with Gasteiger partial charge in [-0.15, -0.1) is 0 Å². The Bertz CT molecular complexity index is 749. The normalized spacial score (nSPS) is 10.7. The molecule has 0 bridgehead atoms. The van der Waals surface area contributed by atoms with Gasteiger partial charge in [-0.25, -0.2) is 0 Å². The van der Waals surface area contributed by atoms with Crippen molar-refractivity contribution in [3.05, 3.63) is 53.3 Å². The summed E-state index contributed by atoms with van der Waals surface area (Å²) in [5, 5.41) is 5.70. The fourth-order valence-electron chi connectivity index (χ4n) is 2.26. The van der Waals surface area contributed by atoms with E-state index in [1.165, 1.54) is 16.3 Å². The molecule has 3 N–H and O–H groups in total. The Balaban J connectivity index is 1.72. The highest BCUT2D eigenvalue weighted by Gasteiger charge is 2.03. The van der Waals surface area contributed by atoms with Gasteiger partial charge < -0.3 is 11.1 Å². The average Bonchev–Trinajstić information content (AvgIpc) is 2.46. The van der Waals surface area contributed by atoms with Crippen molar-refractivity contribution in [2.24, 2.45) is 0 Å². The number of benzene rings is 2. The van der Waals surface area contributed by atoms with Gasteiger partial charge in [0.05, 0.1) is 0 Å². The minimum Gasteiger partial charge on any atom is -0.368 e. The van der Waals surface area contributed by atoms with E-state index in [0.717, 1.165) is 6.42 Å². The molecule has 0 unspecified atom stereocenters. The first-order valence-corrected chi connectivity index (χ1v) is 6.98. The molecule has 21 heavy (non-hydrogen) atoms. The van der Waals surface area contributed by atoms with Crippen LogP contribution in [0.4, 0.5) is 11.9 Å². The predicted octanol–water partition coefficient (Wildman–Crippen LogP) is 2.92. The van der Waals surface area contributed by atoms with E-state index in [-0.39, 0.29) is 11.2 Å². The first-order valence-electron chi connectivity index (χ1n) is 6.60. The first kappa shape index (κ1) is 13.6. The molecule has 1 heterocycles. The SMILES string of the molecule is Nc1nc(Cl)nc(NCCc2cccc3ccccc23)n1. The number of halogens is 1. The molecule has 3 aromatic rings. The molecule has 0 aliphatic carbocycles. The zero-order valence-electron chi connectivity index (χ0n) is 11.3. The Morgan fingerprint density at radius 3 is 2.67 bits per heavy atom. The lowest BCUT2D eigenvalue weighted by atomic mass is 10.0. The van der Waals surface area contributed by atoms with Gasteiger partial charge in [0.25, 0.3) is 0 Å². The summed E-state index contributed by atoms with van der Waals surface area (Å²) >= 11 is 5.74. The van der Waals surface area contributed by atoms with Crippen molar-refractivity contribution in [3.63, 3.8) is 0 Å². The van der Waals surface area contributed by atoms with E-state index in [1.54, 1.807) is 0 Å². The van der Waals surface area contributed by atoms with Gasteiger partial charge in [-0.3, -0.25) is 0 Å². The van der Waals surface area contributed by atoms with Gasteiger partial charge in [0.2, 0.25) is 17.2 Å². The van der Waals surface area contributed by atoms with Crippen LogP contribution >= 0.6 is 11.6 Å². The number of anilines is 2. The van der Waals surface area contributed by atoms with E-state index in [2.05, 4.69) is 50.6 Å². The summed E-state index contributed by atoms with van der Waals surface area (Å²) in [7, 11) is 0. The predicted molar refractivity (Wildman–Crippen MR) is 85.4 cm³/mol. The topological polar surface area (TPSA) is 76.7 Å². The van der Waals surface area contributed by atoms with Crippen LogP contribution in [0.1, 0.15) is 5.56 Å². The highest BCUT2D eigenvalue weighted by Crippen LogP contribution is 2.19. The van der Waals surface area contributed by atoms with Crippen LogP contribution in [0.2, 0.25) is 5.28 Å². The third kappa shape index (κ3) is 3.20. The van der Waals surface area contributed by atoms with Crippen molar-refractivity contribution in [1.29, 1.82) is 0 Å². The van der Waals surface area contributed by atoms with E-state index in [0.29, 0.717) is 12.5 Å². The standard InChI is InChI=1S/C15H14ClN5/c16-13-19-14(17)21-15(20-13)18-9-8-11-6-3-5-10-4-1-2-7-12(10)11/h1-7H,8-9H2,(H3,17,18,19,20,21). The number of nitrogens with zero attached hydrogens (tertiary/aromatic N) is 3. The second-order valence-corrected chi connectivity index (χ2v) is 4.94. The van der Waals surface area contributed by atoms with Crippen LogP contribution in [0.5, 0.6) is 0 Å². The number of fused-ring (bicyclic) bond motifs is 1. The molecule has 0 radical (unpaired) electrons. The zero-order valence-corrected chi connectivity index (χ0v) is 12.0. The van der Waals surface area contributed by atoms with Crippen LogP contribution in [-0.4, -0.2) is 21.5 Å². The number of nitrogens with one attached hydrogen (secondary N) is 1. The highest BCUT2D eigenvalue weighted by atomic mass is 35.5. The van der Waals surface area contributed by atoms with Crippen LogP contribution in [0.25, 0.3) is 10.8 Å². The largest absolute Gasteiger partial charge is 0.368 e. The summed E-state index contributed by atoms with van der Waals surface area (Å²) in [6.07, 6.45) is 0.852. The molecule has 0 spiro atoms. The lowest BCUT2D eigenvalue weighted by molar-refractivity contribution is 0.973. The Kier molecular flexibility index (Phi) is 3.83. The fraction of sp³-hybridized carbons (Fsp3) is 0.133. The van der Waals surface area contributed by atoms with Crippen LogP contribution < -0.4 is 11.1 Å². The van der Waals surface area contributed by atoms with Gasteiger partial charge in [-0.1, -0.05) is 42.5 Å². The van der Waals surface area contributed by atoms with Crippen molar-refractivity contribution in [2.45, 2.75) is 6.42 Å². The maximum Gasteiger partial charge on any atom is 0.228 e. The lowest BCUT2D eigenvalue weighted by Gasteiger charge is -2.08. The first-order chi connectivity index (χ1) is 10.2. The molecule has 0 aliphatic rings. The molecule has 0 fully saturated rings. The monoisotopic (exact) mass is 299 g/mol. The highest BCUT2D eigenvalue weighted by molar-refractivity contribution is 6.28. The van der Waals surface area contributed by atoms with Crippen molar-refractivity contribution in [2.75, 3.05) is 17.6 Å². The summed E-state index contributed by atoms with van der Waals surface area (Å²) in [6.45, 7) is 0.688. The Labute approximate surface area is 127 Å². The summed E-state index contributed by atoms with van der Waals surface area (Å²) in [6, 6.07) is 14.6. The number of nitrogen functional groups attached to an aromatic ring is 1. The molecule has 0 aliphatic heterocycles. The Hall–Kier alpha value is -2.40. The molecule has 0 amide bonds. The number of hydrogen-bond donors (Lipinski definition) is 2. The molecule has 3 rings (SSSR count). The molecule has 1 aromatic heterocycles. The van der Waals surface area contributed by atoms with Gasteiger partial charge in [-0.2, -0.15) is 15.0 Å². The van der Waals surface area contributed by atoms with E-state index < -0.39 is 0 Å². The molecule has 6 heteroatoms. The zero-order chi connectivity index (χ0) is 14.7. The van der Waals surface area contributed by atoms with Crippen molar-refractivity contribution >= 4 is 34.3 Å². The van der Waals surface area contributed by atoms with E-state index >= 15 is 0 Å². The maximum atomic E-state index is 5.74. The van der Waals surface area contributed by atoms with Gasteiger partial charge in [0, 0.05) is 6.54 Å². The third-order valence-electron chi connectivity index (χ3n) is 3.18. The quantitative estimate of drug-likeness (QED) is 0.774. The molecule has 0 atom stereocenters. The van der Waals surface area contributed by atoms with Crippen LogP contribution in [0.15, 0.2) is 42.5 Å². The molecule has 0 saturated heterocycles. The smallest absolute Gasteiger partial charge is 0.228 e. The van der Waals surface area contributed by atoms with Crippen molar-refractivity contribution in [3.8, 4) is 0 Å². The summed E-state index contributed by atoms with van der Waals surface area (Å²) in [4.78, 5) is 11.7. The number of rotatable bonds is 4. The summed E-state index contributed by atoms with van der Waals surface area (Å²) in [5.41, 5.74) is 6.80. The number of hydrogen-bond acceptors (Lipinski definition) is 5. The van der Waals surface area contributed by atoms with Gasteiger partial charge >= 0.3 is 0 Å². The van der Waals surface area contributed by atoms with E-state index in [9.17, 15) is 0 Å². The molecule has 5 nitrogen and oxygen atoms in total. The number of aromatic nitrogens is 3. The lowest BCUT2D eigenvalue weighted by Crippen LogP contribution is -2.10. The summed E-state index contributed by atoms with van der Waals surface area (Å²) < 4.78 is 0. The molecule has 0 saturated carbocycles. The van der Waals surface area contributed by atoms with E-state index in [4.69, 9.17) is 17.3 Å². The van der Waals surface area contributed by atoms with E-state index in [1.807, 2.05) is 12.1 Å². The summed E-state index contributed by atoms with van der Waals surface area (Å²) in [5.74, 6) is 0.510. The molecule has 106 valence electrons. The molecular weight excluding hydrogens is 286 g/mol. The maximum absolute atomic E-state index is 5.74. The van der Waals surface area contributed by atoms with Crippen molar-refractivity contribution in [1.82, 2.24) is 15.0 Å². The van der Waals surface area contributed by atoms with Gasteiger partial charge in [0.1, 0.15) is 0 Å². The molecular formula is C15H14ClN5. The van der Waals surface area contributed by atoms with Gasteiger partial charge in [-0.05, 0) is 34.4 Å². The molecule has 2 aromatic carbocycles. The van der Waals surface area contributed by atoms with Crippen LogP contribution in [-0.2, 0) is 6.42 Å². The minimum atomic E-state index is 0.0927.